The summed E-state index contributed by atoms with van der Waals surface area (Å²) in [7, 11) is 1.55. The average Bonchev–Trinajstić information content (AvgIpc) is 3.48. The smallest absolute Gasteiger partial charge is 0.414 e. The van der Waals surface area contributed by atoms with Crippen molar-refractivity contribution in [2.24, 2.45) is 17.6 Å². The van der Waals surface area contributed by atoms with Crippen LogP contribution in [0, 0.1) is 17.7 Å². The zero-order valence-electron chi connectivity index (χ0n) is 23.8. The number of aromatic nitrogens is 5. The highest BCUT2D eigenvalue weighted by Gasteiger charge is 2.46. The first-order valence-corrected chi connectivity index (χ1v) is 13.9. The maximum absolute atomic E-state index is 15.2. The van der Waals surface area contributed by atoms with Gasteiger partial charge in [0, 0.05) is 49.2 Å². The van der Waals surface area contributed by atoms with E-state index in [1.807, 2.05) is 12.1 Å². The number of aromatic amines is 1. The molecule has 2 aromatic carbocycles. The Kier molecular flexibility index (Phi) is 5.94. The van der Waals surface area contributed by atoms with Crippen LogP contribution < -0.4 is 20.3 Å². The molecule has 0 spiro atoms. The summed E-state index contributed by atoms with van der Waals surface area (Å²) < 4.78 is 26.9. The van der Waals surface area contributed by atoms with Gasteiger partial charge in [0.25, 0.3) is 0 Å². The molecule has 7 rings (SSSR count). The lowest BCUT2D eigenvalue weighted by atomic mass is 9.72. The first-order chi connectivity index (χ1) is 20.0. The van der Waals surface area contributed by atoms with E-state index < -0.39 is 17.5 Å². The molecule has 3 aromatic heterocycles. The number of hydrogen-bond donors (Lipinski definition) is 2. The van der Waals surface area contributed by atoms with Gasteiger partial charge >= 0.3 is 12.1 Å². The van der Waals surface area contributed by atoms with Crippen LogP contribution in [0.5, 0.6) is 11.8 Å². The monoisotopic (exact) mass is 570 g/mol. The zero-order valence-corrected chi connectivity index (χ0v) is 23.8. The Morgan fingerprint density at radius 2 is 2.02 bits per heavy atom. The highest BCUT2D eigenvalue weighted by Crippen LogP contribution is 2.45. The van der Waals surface area contributed by atoms with Crippen molar-refractivity contribution in [1.82, 2.24) is 24.9 Å². The maximum atomic E-state index is 15.2. The number of nitrogens with one attached hydrogen (secondary N) is 1. The molecule has 1 amide bonds. The summed E-state index contributed by atoms with van der Waals surface area (Å²) in [6.07, 6.45) is 3.57. The minimum absolute atomic E-state index is 0.128. The average molecular weight is 571 g/mol. The molecule has 3 atom stereocenters. The Labute approximate surface area is 240 Å². The third-order valence-corrected chi connectivity index (χ3v) is 8.10. The number of fused-ring (bicyclic) bond motifs is 5. The van der Waals surface area contributed by atoms with Gasteiger partial charge in [-0.1, -0.05) is 0 Å². The number of anilines is 2. The van der Waals surface area contributed by atoms with E-state index in [4.69, 9.17) is 25.2 Å². The molecule has 2 unspecified atom stereocenters. The summed E-state index contributed by atoms with van der Waals surface area (Å²) in [5.74, 6) is 1.49. The van der Waals surface area contributed by atoms with Gasteiger partial charge < -0.3 is 25.1 Å². The topological polar surface area (TPSA) is 135 Å². The molecule has 2 fully saturated rings. The van der Waals surface area contributed by atoms with Crippen LogP contribution in [0.15, 0.2) is 42.9 Å². The highest BCUT2D eigenvalue weighted by atomic mass is 19.1. The molecule has 0 bridgehead atoms. The second-order valence-corrected chi connectivity index (χ2v) is 12.1. The molecule has 1 saturated heterocycles. The molecule has 2 aliphatic rings. The Balaban J connectivity index is 1.37. The Morgan fingerprint density at radius 3 is 2.79 bits per heavy atom. The number of ether oxygens (including phenoxy) is 2. The van der Waals surface area contributed by atoms with Gasteiger partial charge in [0.1, 0.15) is 35.0 Å². The molecule has 3 N–H and O–H groups in total. The van der Waals surface area contributed by atoms with Crippen LogP contribution in [0.1, 0.15) is 27.2 Å². The van der Waals surface area contributed by atoms with E-state index in [1.165, 1.54) is 23.4 Å². The van der Waals surface area contributed by atoms with Gasteiger partial charge in [-0.05, 0) is 63.3 Å². The van der Waals surface area contributed by atoms with Crippen molar-refractivity contribution in [3.63, 3.8) is 0 Å². The fourth-order valence-corrected chi connectivity index (χ4v) is 6.03. The molecule has 12 heteroatoms. The minimum Gasteiger partial charge on any atom is -0.443 e. The first-order valence-electron chi connectivity index (χ1n) is 13.9. The zero-order chi connectivity index (χ0) is 29.3. The van der Waals surface area contributed by atoms with E-state index >= 15 is 4.39 Å². The summed E-state index contributed by atoms with van der Waals surface area (Å²) >= 11 is 0. The van der Waals surface area contributed by atoms with Crippen molar-refractivity contribution < 1.29 is 18.7 Å². The molecule has 42 heavy (non-hydrogen) atoms. The lowest BCUT2D eigenvalue weighted by Crippen LogP contribution is -2.46. The fourth-order valence-electron chi connectivity index (χ4n) is 6.03. The molecule has 5 aromatic rings. The van der Waals surface area contributed by atoms with Crippen LogP contribution in [0.3, 0.4) is 0 Å². The number of amides is 1. The number of carbonyl (C=O) groups excluding carboxylic acids is 1. The standard InChI is InChI=1S/C30H31FN8O3/c1-30(2,3)42-29(40)38(4)23-9-17(31)8-19-24-26(35-25(19)23)36-28(37-27(24)39-12-16-7-21(32)20(16)13-39)41-18-6-5-15-11-33-14-34-22(15)10-18/h5-6,8-11,14,16,20-21H,7,12-13,32H2,1-4H3,(H,35,36,37)/t16?,20-,21?/m0/s1. The van der Waals surface area contributed by atoms with Crippen molar-refractivity contribution in [1.29, 1.82) is 0 Å². The largest absolute Gasteiger partial charge is 0.443 e. The van der Waals surface area contributed by atoms with E-state index in [2.05, 4.69) is 19.9 Å². The molecule has 216 valence electrons. The third-order valence-electron chi connectivity index (χ3n) is 8.10. The normalized spacial score (nSPS) is 20.1. The fraction of sp³-hybridized carbons (Fsp3) is 0.367. The molecule has 1 saturated carbocycles. The second-order valence-electron chi connectivity index (χ2n) is 12.1. The number of H-pyrrole nitrogens is 1. The number of nitrogens with two attached hydrogens (primary N) is 1. The van der Waals surface area contributed by atoms with Crippen molar-refractivity contribution in [3.8, 4) is 11.8 Å². The van der Waals surface area contributed by atoms with Crippen LogP contribution in [-0.4, -0.2) is 62.8 Å². The quantitative estimate of drug-likeness (QED) is 0.301. The summed E-state index contributed by atoms with van der Waals surface area (Å²) in [4.78, 5) is 37.7. The molecular formula is C30H31FN8O3. The summed E-state index contributed by atoms with van der Waals surface area (Å²) in [6.45, 7) is 6.86. The third kappa shape index (κ3) is 4.51. The minimum atomic E-state index is -0.714. The van der Waals surface area contributed by atoms with Gasteiger partial charge in [0.15, 0.2) is 0 Å². The number of carbonyl (C=O) groups is 1. The maximum Gasteiger partial charge on any atom is 0.414 e. The van der Waals surface area contributed by atoms with Crippen molar-refractivity contribution in [2.75, 3.05) is 29.9 Å². The second kappa shape index (κ2) is 9.48. The first kappa shape index (κ1) is 26.3. The molecule has 1 aliphatic carbocycles. The van der Waals surface area contributed by atoms with Gasteiger partial charge in [-0.2, -0.15) is 9.97 Å². The van der Waals surface area contributed by atoms with Gasteiger partial charge in [0.05, 0.1) is 22.1 Å². The van der Waals surface area contributed by atoms with Crippen molar-refractivity contribution >= 4 is 50.4 Å². The summed E-state index contributed by atoms with van der Waals surface area (Å²) in [6, 6.07) is 8.50. The van der Waals surface area contributed by atoms with Crippen LogP contribution in [-0.2, 0) is 4.74 Å². The van der Waals surface area contributed by atoms with Gasteiger partial charge in [-0.3, -0.25) is 4.90 Å². The number of hydrogen-bond acceptors (Lipinski definition) is 9. The highest BCUT2D eigenvalue weighted by molar-refractivity contribution is 6.16. The number of benzene rings is 2. The Hall–Kier alpha value is -4.58. The number of nitrogens with zero attached hydrogens (tertiary/aromatic N) is 6. The van der Waals surface area contributed by atoms with Crippen LogP contribution in [0.2, 0.25) is 0 Å². The van der Waals surface area contributed by atoms with E-state index in [1.54, 1.807) is 40.1 Å². The van der Waals surface area contributed by atoms with Crippen LogP contribution >= 0.6 is 0 Å². The summed E-state index contributed by atoms with van der Waals surface area (Å²) in [5, 5.41) is 2.09. The molecule has 0 radical (unpaired) electrons. The van der Waals surface area contributed by atoms with Gasteiger partial charge in [-0.15, -0.1) is 0 Å². The number of rotatable bonds is 4. The van der Waals surface area contributed by atoms with E-state index in [9.17, 15) is 4.79 Å². The van der Waals surface area contributed by atoms with Crippen LogP contribution in [0.4, 0.5) is 20.7 Å². The SMILES string of the molecule is CN(C(=O)OC(C)(C)C)c1cc(F)cc2c1[nH]c1nc(Oc3ccc4cncnc4c3)nc(N3CC4CC(N)[C@H]4C3)c12. The predicted octanol–water partition coefficient (Wildman–Crippen LogP) is 5.14. The van der Waals surface area contributed by atoms with Gasteiger partial charge in [0.2, 0.25) is 0 Å². The predicted molar refractivity (Wildman–Crippen MR) is 157 cm³/mol. The molecule has 1 aliphatic heterocycles. The van der Waals surface area contributed by atoms with Crippen LogP contribution in [0.25, 0.3) is 32.8 Å². The van der Waals surface area contributed by atoms with Crippen molar-refractivity contribution in [3.05, 3.63) is 48.7 Å². The molecular weight excluding hydrogens is 539 g/mol. The van der Waals surface area contributed by atoms with Crippen molar-refractivity contribution in [2.45, 2.75) is 38.8 Å². The number of halogens is 1. The summed E-state index contributed by atoms with van der Waals surface area (Å²) in [5.41, 5.74) is 7.64. The van der Waals surface area contributed by atoms with E-state index in [0.29, 0.717) is 51.0 Å². The van der Waals surface area contributed by atoms with E-state index in [-0.39, 0.29) is 12.1 Å². The molecule has 4 heterocycles. The Bertz CT molecular complexity index is 1870. The Morgan fingerprint density at radius 1 is 1.19 bits per heavy atom. The lowest BCUT2D eigenvalue weighted by Gasteiger charge is -2.36. The van der Waals surface area contributed by atoms with Gasteiger partial charge in [-0.25, -0.2) is 19.2 Å². The molecule has 11 nitrogen and oxygen atoms in total. The van der Waals surface area contributed by atoms with E-state index in [0.717, 1.165) is 30.4 Å². The lowest BCUT2D eigenvalue weighted by molar-refractivity contribution is 0.0589.